The number of aromatic nitrogens is 2. The van der Waals surface area contributed by atoms with Crippen LogP contribution in [0.5, 0.6) is 0 Å². The summed E-state index contributed by atoms with van der Waals surface area (Å²) < 4.78 is 4.07. The molecule has 0 aliphatic carbocycles. The van der Waals surface area contributed by atoms with Crippen LogP contribution in [0.3, 0.4) is 0 Å². The predicted molar refractivity (Wildman–Crippen MR) is 127 cm³/mol. The van der Waals surface area contributed by atoms with Crippen molar-refractivity contribution in [1.82, 2.24) is 9.13 Å². The Morgan fingerprint density at radius 3 is 2.26 bits per heavy atom. The average molecular weight is 400 g/mol. The van der Waals surface area contributed by atoms with Crippen LogP contribution < -0.4 is 0 Å². The molecular weight excluding hydrogens is 380 g/mol. The first-order valence-electron chi connectivity index (χ1n) is 10.4. The molecule has 0 atom stereocenters. The molecule has 0 amide bonds. The Labute approximate surface area is 179 Å². The zero-order valence-electron chi connectivity index (χ0n) is 17.1. The number of carbonyl (C=O) groups is 1. The van der Waals surface area contributed by atoms with Gasteiger partial charge in [0.2, 0.25) is 0 Å². The zero-order chi connectivity index (χ0) is 20.9. The summed E-state index contributed by atoms with van der Waals surface area (Å²) in [7, 11) is 0. The first-order chi connectivity index (χ1) is 15.2. The summed E-state index contributed by atoms with van der Waals surface area (Å²) in [5.74, 6) is -0.0108. The molecular formula is C28H20N2O. The third-order valence-electron chi connectivity index (χ3n) is 6.02. The number of carbonyl (C=O) groups excluding carboxylic acids is 1. The molecule has 0 bridgehead atoms. The van der Waals surface area contributed by atoms with E-state index >= 15 is 0 Å². The van der Waals surface area contributed by atoms with Crippen LogP contribution in [0.25, 0.3) is 38.4 Å². The second-order valence-electron chi connectivity index (χ2n) is 7.94. The zero-order valence-corrected chi connectivity index (χ0v) is 17.1. The van der Waals surface area contributed by atoms with Gasteiger partial charge in [-0.15, -0.1) is 0 Å². The van der Waals surface area contributed by atoms with Gasteiger partial charge in [0.25, 0.3) is 5.91 Å². The first-order valence-corrected chi connectivity index (χ1v) is 10.4. The van der Waals surface area contributed by atoms with Gasteiger partial charge in [-0.1, -0.05) is 60.2 Å². The summed E-state index contributed by atoms with van der Waals surface area (Å²) in [6.07, 6.45) is 2.10. The SMILES string of the molecule is Cc1ccc(C(=O)n2c3ccccc3c3c4c(ccc32)ccn4-c2ccccc2)cc1. The number of hydrogen-bond donors (Lipinski definition) is 0. The van der Waals surface area contributed by atoms with Crippen LogP contribution in [0.2, 0.25) is 0 Å². The number of rotatable bonds is 2. The molecule has 0 radical (unpaired) electrons. The fourth-order valence-corrected chi connectivity index (χ4v) is 4.53. The van der Waals surface area contributed by atoms with Gasteiger partial charge >= 0.3 is 0 Å². The monoisotopic (exact) mass is 400 g/mol. The average Bonchev–Trinajstić information content (AvgIpc) is 3.39. The maximum absolute atomic E-state index is 13.6. The van der Waals surface area contributed by atoms with Crippen LogP contribution >= 0.6 is 0 Å². The molecule has 0 fully saturated rings. The molecule has 148 valence electrons. The third-order valence-corrected chi connectivity index (χ3v) is 6.02. The first kappa shape index (κ1) is 17.7. The normalized spacial score (nSPS) is 11.5. The molecule has 4 aromatic carbocycles. The standard InChI is InChI=1S/C28H20N2O/c1-19-11-13-21(14-12-19)28(31)30-24-10-6-5-9-23(24)26-25(30)16-15-20-17-18-29(27(20)26)22-7-3-2-4-8-22/h2-18H,1H3. The van der Waals surface area contributed by atoms with Crippen LogP contribution in [0, 0.1) is 6.92 Å². The maximum atomic E-state index is 13.6. The molecule has 6 rings (SSSR count). The van der Waals surface area contributed by atoms with Crippen molar-refractivity contribution in [2.24, 2.45) is 0 Å². The van der Waals surface area contributed by atoms with E-state index in [9.17, 15) is 4.79 Å². The van der Waals surface area contributed by atoms with Gasteiger partial charge in [0.05, 0.1) is 16.6 Å². The van der Waals surface area contributed by atoms with Crippen molar-refractivity contribution < 1.29 is 4.79 Å². The van der Waals surface area contributed by atoms with Crippen molar-refractivity contribution >= 4 is 38.6 Å². The fraction of sp³-hybridized carbons (Fsp3) is 0.0357. The van der Waals surface area contributed by atoms with Gasteiger partial charge < -0.3 is 4.57 Å². The summed E-state index contributed by atoms with van der Waals surface area (Å²) in [5.41, 5.74) is 5.90. The van der Waals surface area contributed by atoms with Gasteiger partial charge in [-0.3, -0.25) is 9.36 Å². The van der Waals surface area contributed by atoms with E-state index in [0.717, 1.165) is 44.0 Å². The highest BCUT2D eigenvalue weighted by molar-refractivity contribution is 6.24. The Morgan fingerprint density at radius 2 is 1.45 bits per heavy atom. The van der Waals surface area contributed by atoms with E-state index in [-0.39, 0.29) is 5.91 Å². The molecule has 0 N–H and O–H groups in total. The number of para-hydroxylation sites is 2. The minimum Gasteiger partial charge on any atom is -0.316 e. The van der Waals surface area contributed by atoms with Gasteiger partial charge in [0.15, 0.2) is 0 Å². The summed E-state index contributed by atoms with van der Waals surface area (Å²) in [5, 5.41) is 3.34. The van der Waals surface area contributed by atoms with Gasteiger partial charge in [-0.2, -0.15) is 0 Å². The second-order valence-corrected chi connectivity index (χ2v) is 7.94. The van der Waals surface area contributed by atoms with Crippen LogP contribution in [-0.2, 0) is 0 Å². The number of benzene rings is 4. The minimum absolute atomic E-state index is 0.0108. The van der Waals surface area contributed by atoms with Crippen molar-refractivity contribution in [3.05, 3.63) is 114 Å². The summed E-state index contributed by atoms with van der Waals surface area (Å²) in [4.78, 5) is 13.6. The van der Waals surface area contributed by atoms with Crippen LogP contribution in [0.4, 0.5) is 0 Å². The van der Waals surface area contributed by atoms with Crippen molar-refractivity contribution in [3.8, 4) is 5.69 Å². The molecule has 2 aromatic heterocycles. The highest BCUT2D eigenvalue weighted by Crippen LogP contribution is 2.36. The molecule has 6 aromatic rings. The van der Waals surface area contributed by atoms with Crippen LogP contribution in [0.15, 0.2) is 103 Å². The van der Waals surface area contributed by atoms with E-state index in [0.29, 0.717) is 5.56 Å². The molecule has 31 heavy (non-hydrogen) atoms. The van der Waals surface area contributed by atoms with E-state index in [2.05, 4.69) is 47.2 Å². The summed E-state index contributed by atoms with van der Waals surface area (Å²) in [6, 6.07) is 32.6. The highest BCUT2D eigenvalue weighted by Gasteiger charge is 2.20. The van der Waals surface area contributed by atoms with Gasteiger partial charge in [-0.25, -0.2) is 0 Å². The number of aryl methyl sites for hydroxylation is 1. The van der Waals surface area contributed by atoms with Gasteiger partial charge in [-0.05, 0) is 49.4 Å². The number of fused-ring (bicyclic) bond motifs is 5. The van der Waals surface area contributed by atoms with Gasteiger partial charge in [0, 0.05) is 33.6 Å². The Hall–Kier alpha value is -4.11. The van der Waals surface area contributed by atoms with Crippen molar-refractivity contribution in [2.75, 3.05) is 0 Å². The molecule has 0 saturated carbocycles. The summed E-state index contributed by atoms with van der Waals surface area (Å²) in [6.45, 7) is 2.03. The largest absolute Gasteiger partial charge is 0.316 e. The van der Waals surface area contributed by atoms with Crippen molar-refractivity contribution in [1.29, 1.82) is 0 Å². The quantitative estimate of drug-likeness (QED) is 0.316. The molecule has 0 aliphatic heterocycles. The number of hydrogen-bond acceptors (Lipinski definition) is 1. The topological polar surface area (TPSA) is 26.9 Å². The lowest BCUT2D eigenvalue weighted by Gasteiger charge is -2.08. The summed E-state index contributed by atoms with van der Waals surface area (Å²) >= 11 is 0. The molecule has 3 nitrogen and oxygen atoms in total. The molecule has 3 heteroatoms. The Balaban J connectivity index is 1.73. The van der Waals surface area contributed by atoms with E-state index in [1.165, 1.54) is 0 Å². The molecule has 0 unspecified atom stereocenters. The van der Waals surface area contributed by atoms with Crippen LogP contribution in [0.1, 0.15) is 15.9 Å². The smallest absolute Gasteiger partial charge is 0.262 e. The minimum atomic E-state index is -0.0108. The highest BCUT2D eigenvalue weighted by atomic mass is 16.2. The van der Waals surface area contributed by atoms with E-state index in [4.69, 9.17) is 0 Å². The van der Waals surface area contributed by atoms with Crippen LogP contribution in [-0.4, -0.2) is 15.0 Å². The van der Waals surface area contributed by atoms with E-state index in [1.54, 1.807) is 0 Å². The van der Waals surface area contributed by atoms with E-state index < -0.39 is 0 Å². The fourth-order valence-electron chi connectivity index (χ4n) is 4.53. The van der Waals surface area contributed by atoms with E-state index in [1.807, 2.05) is 72.2 Å². The lowest BCUT2D eigenvalue weighted by Crippen LogP contribution is -2.11. The number of nitrogens with zero attached hydrogens (tertiary/aromatic N) is 2. The lowest BCUT2D eigenvalue weighted by atomic mass is 10.1. The van der Waals surface area contributed by atoms with Crippen molar-refractivity contribution in [3.63, 3.8) is 0 Å². The Kier molecular flexibility index (Phi) is 3.84. The molecule has 0 spiro atoms. The maximum Gasteiger partial charge on any atom is 0.262 e. The molecule has 0 aliphatic rings. The van der Waals surface area contributed by atoms with Crippen molar-refractivity contribution in [2.45, 2.75) is 6.92 Å². The predicted octanol–water partition coefficient (Wildman–Crippen LogP) is 6.74. The molecule has 0 saturated heterocycles. The molecule has 2 heterocycles. The third kappa shape index (κ3) is 2.63. The Morgan fingerprint density at radius 1 is 0.710 bits per heavy atom. The second kappa shape index (κ2) is 6.71. The Bertz CT molecular complexity index is 1590. The van der Waals surface area contributed by atoms with Gasteiger partial charge in [0.1, 0.15) is 0 Å². The lowest BCUT2D eigenvalue weighted by molar-refractivity contribution is 0.0969.